The zero-order valence-electron chi connectivity index (χ0n) is 22.8. The minimum atomic E-state index is -0.828. The van der Waals surface area contributed by atoms with Crippen molar-refractivity contribution < 1.29 is 0 Å². The molecule has 29 heavy (non-hydrogen) atoms. The smallest absolute Gasteiger partial charge is 0.0594 e. The van der Waals surface area contributed by atoms with Crippen molar-refractivity contribution in [2.75, 3.05) is 24.6 Å². The van der Waals surface area contributed by atoms with E-state index in [1.165, 1.54) is 70.3 Å². The predicted molar refractivity (Wildman–Crippen MR) is 151 cm³/mol. The van der Waals surface area contributed by atoms with Crippen molar-refractivity contribution in [1.82, 2.24) is 0 Å². The van der Waals surface area contributed by atoms with Gasteiger partial charge in [-0.25, -0.2) is 0 Å². The van der Waals surface area contributed by atoms with Crippen molar-refractivity contribution in [1.29, 1.82) is 0 Å². The summed E-state index contributed by atoms with van der Waals surface area (Å²) in [6.45, 7) is 24.1. The number of unbranched alkanes of at least 4 members (excludes halogenated alkanes) is 4. The molecule has 0 radical (unpaired) electrons. The Kier molecular flexibility index (Phi) is 20.1. The molecule has 0 nitrogen and oxygen atoms in total. The summed E-state index contributed by atoms with van der Waals surface area (Å²) in [5.41, 5.74) is 0. The third-order valence-corrected chi connectivity index (χ3v) is 14.7. The van der Waals surface area contributed by atoms with Crippen LogP contribution in [0.3, 0.4) is 0 Å². The number of hydrogen-bond donors (Lipinski definition) is 0. The fourth-order valence-electron chi connectivity index (χ4n) is 5.24. The van der Waals surface area contributed by atoms with Crippen LogP contribution in [0, 0.1) is 0 Å². The van der Waals surface area contributed by atoms with Crippen LogP contribution in [0.4, 0.5) is 0 Å². The van der Waals surface area contributed by atoms with Crippen LogP contribution in [-0.4, -0.2) is 38.9 Å². The fraction of sp³-hybridized carbons (Fsp3) is 1.00. The maximum Gasteiger partial charge on any atom is 0.0594 e. The molecule has 0 aromatic heterocycles. The zero-order chi connectivity index (χ0) is 22.8. The monoisotopic (exact) mass is 444 g/mol. The zero-order valence-corrected chi connectivity index (χ0v) is 24.7. The van der Waals surface area contributed by atoms with Gasteiger partial charge < -0.3 is 0 Å². The van der Waals surface area contributed by atoms with Crippen molar-refractivity contribution in [3.63, 3.8) is 0 Å². The maximum atomic E-state index is 2.50. The average molecular weight is 445 g/mol. The minimum absolute atomic E-state index is 0.0131. The molecule has 0 heterocycles. The number of rotatable bonds is 17. The molecule has 0 aromatic carbocycles. The van der Waals surface area contributed by atoms with Gasteiger partial charge in [-0.2, -0.15) is 24.9 Å². The van der Waals surface area contributed by atoms with E-state index in [0.29, 0.717) is 0 Å². The molecule has 0 aliphatic heterocycles. The number of hydrogen-bond acceptors (Lipinski definition) is 0. The van der Waals surface area contributed by atoms with E-state index in [9.17, 15) is 0 Å². The van der Waals surface area contributed by atoms with Gasteiger partial charge in [0, 0.05) is 15.3 Å². The average Bonchev–Trinajstić information content (AvgIpc) is 2.71. The SMILES string of the molecule is CCCC[P+](CCCC)(CCCC)CCCC.CC[B-](CC)(CC)C[Si](C)(C)C. The van der Waals surface area contributed by atoms with Gasteiger partial charge in [-0.3, -0.25) is 0 Å². The molecule has 0 amide bonds. The topological polar surface area (TPSA) is 0 Å². The highest BCUT2D eigenvalue weighted by atomic mass is 31.2. The Labute approximate surface area is 190 Å². The Balaban J connectivity index is 0. The molecule has 178 valence electrons. The van der Waals surface area contributed by atoms with Gasteiger partial charge in [-0.05, 0) is 31.8 Å². The molecule has 0 bridgehead atoms. The largest absolute Gasteiger partial charge is 0.182 e. The Hall–Kier alpha value is 0.712. The van der Waals surface area contributed by atoms with E-state index in [-0.39, 0.29) is 6.15 Å². The summed E-state index contributed by atoms with van der Waals surface area (Å²) in [4.78, 5) is 0. The third-order valence-electron chi connectivity index (χ3n) is 7.59. The maximum absolute atomic E-state index is 2.50. The Morgan fingerprint density at radius 3 is 0.931 bits per heavy atom. The van der Waals surface area contributed by atoms with Gasteiger partial charge in [0.2, 0.25) is 0 Å². The lowest BCUT2D eigenvalue weighted by atomic mass is 9.22. The molecule has 0 unspecified atom stereocenters. The van der Waals surface area contributed by atoms with E-state index in [2.05, 4.69) is 68.1 Å². The first-order valence-corrected chi connectivity index (χ1v) is 19.9. The van der Waals surface area contributed by atoms with Crippen molar-refractivity contribution in [2.24, 2.45) is 0 Å². The van der Waals surface area contributed by atoms with Crippen molar-refractivity contribution >= 4 is 21.5 Å². The van der Waals surface area contributed by atoms with Gasteiger partial charge in [-0.15, -0.1) is 0 Å². The lowest BCUT2D eigenvalue weighted by Crippen LogP contribution is -2.40. The Morgan fingerprint density at radius 1 is 0.517 bits per heavy atom. The van der Waals surface area contributed by atoms with Crippen molar-refractivity contribution in [3.8, 4) is 0 Å². The van der Waals surface area contributed by atoms with Gasteiger partial charge in [-0.1, -0.05) is 93.8 Å². The highest BCUT2D eigenvalue weighted by molar-refractivity contribution is 7.75. The van der Waals surface area contributed by atoms with Gasteiger partial charge in [0.05, 0.1) is 24.6 Å². The Bertz CT molecular complexity index is 301. The first kappa shape index (κ1) is 31.9. The molecule has 0 rings (SSSR count). The van der Waals surface area contributed by atoms with Crippen LogP contribution < -0.4 is 0 Å². The molecule has 0 N–H and O–H groups in total. The molecule has 0 atom stereocenters. The summed E-state index contributed by atoms with van der Waals surface area (Å²) in [6.07, 6.45) is 22.2. The summed E-state index contributed by atoms with van der Waals surface area (Å²) in [7, 11) is -1.39. The van der Waals surface area contributed by atoms with Gasteiger partial charge >= 0.3 is 0 Å². The summed E-state index contributed by atoms with van der Waals surface area (Å²) in [5, 5.41) is 0. The third kappa shape index (κ3) is 16.1. The second-order valence-electron chi connectivity index (χ2n) is 11.4. The minimum Gasteiger partial charge on any atom is -0.182 e. The first-order chi connectivity index (χ1) is 13.6. The standard InChI is InChI=1S/C16H36P.C10H26BSi/c1-5-9-13-17(14-10-6-2,15-11-7-3)16-12-8-4;1-7-11(8-2,9-3)10-12(4,5)6/h5-16H2,1-4H3;7-10H2,1-6H3/q+1;-1. The molecule has 3 heteroatoms. The molecular formula is C26H62BPSi. The van der Waals surface area contributed by atoms with Gasteiger partial charge in [0.15, 0.2) is 0 Å². The highest BCUT2D eigenvalue weighted by Gasteiger charge is 2.34. The summed E-state index contributed by atoms with van der Waals surface area (Å²) < 4.78 is 0. The molecular weight excluding hydrogens is 382 g/mol. The molecule has 0 saturated carbocycles. The van der Waals surface area contributed by atoms with E-state index < -0.39 is 15.3 Å². The predicted octanol–water partition coefficient (Wildman–Crippen LogP) is 10.6. The van der Waals surface area contributed by atoms with E-state index in [0.717, 1.165) is 0 Å². The highest BCUT2D eigenvalue weighted by Crippen LogP contribution is 2.61. The van der Waals surface area contributed by atoms with Crippen LogP contribution in [0.2, 0.25) is 44.5 Å². The summed E-state index contributed by atoms with van der Waals surface area (Å²) >= 11 is 0. The summed E-state index contributed by atoms with van der Waals surface area (Å²) in [6, 6.07) is 0. The van der Waals surface area contributed by atoms with Crippen LogP contribution in [0.1, 0.15) is 99.8 Å². The molecule has 0 aliphatic rings. The van der Waals surface area contributed by atoms with Crippen molar-refractivity contribution in [2.45, 2.75) is 144 Å². The molecule has 0 saturated heterocycles. The molecule has 0 aliphatic carbocycles. The molecule has 0 spiro atoms. The first-order valence-electron chi connectivity index (χ1n) is 13.7. The van der Waals surface area contributed by atoms with E-state index >= 15 is 0 Å². The van der Waals surface area contributed by atoms with Crippen LogP contribution in [0.25, 0.3) is 0 Å². The second kappa shape index (κ2) is 18.3. The van der Waals surface area contributed by atoms with Crippen LogP contribution in [0.15, 0.2) is 0 Å². The normalized spacial score (nSPS) is 12.6. The lowest BCUT2D eigenvalue weighted by Gasteiger charge is -2.41. The Morgan fingerprint density at radius 2 is 0.793 bits per heavy atom. The van der Waals surface area contributed by atoms with E-state index in [4.69, 9.17) is 0 Å². The lowest BCUT2D eigenvalue weighted by molar-refractivity contribution is 0.814. The summed E-state index contributed by atoms with van der Waals surface area (Å²) in [5.74, 6) is 1.57. The molecule has 0 aromatic rings. The second-order valence-corrected chi connectivity index (χ2v) is 21.4. The quantitative estimate of drug-likeness (QED) is 0.155. The van der Waals surface area contributed by atoms with Gasteiger partial charge in [0.25, 0.3) is 0 Å². The van der Waals surface area contributed by atoms with E-state index in [1.807, 2.05) is 0 Å². The van der Waals surface area contributed by atoms with Gasteiger partial charge in [0.1, 0.15) is 0 Å². The molecule has 0 fully saturated rings. The van der Waals surface area contributed by atoms with Crippen LogP contribution in [-0.2, 0) is 0 Å². The van der Waals surface area contributed by atoms with E-state index in [1.54, 1.807) is 30.6 Å². The van der Waals surface area contributed by atoms with Crippen molar-refractivity contribution in [3.05, 3.63) is 0 Å². The van der Waals surface area contributed by atoms with Crippen LogP contribution in [0.5, 0.6) is 0 Å². The van der Waals surface area contributed by atoms with Crippen LogP contribution >= 0.6 is 7.26 Å². The fourth-order valence-corrected chi connectivity index (χ4v) is 14.0.